The molecule has 0 aliphatic rings. The molecule has 0 saturated carbocycles. The summed E-state index contributed by atoms with van der Waals surface area (Å²) in [6.45, 7) is 10.3. The second-order valence-corrected chi connectivity index (χ2v) is 8.87. The molecule has 20 heavy (non-hydrogen) atoms. The van der Waals surface area contributed by atoms with E-state index >= 15 is 0 Å². The molecule has 1 amide bonds. The molecule has 1 rings (SSSR count). The van der Waals surface area contributed by atoms with E-state index in [1.807, 2.05) is 32.9 Å². The van der Waals surface area contributed by atoms with Gasteiger partial charge in [0.1, 0.15) is 5.60 Å². The average Bonchev–Trinajstić information content (AvgIpc) is 2.27. The molecule has 0 saturated heterocycles. The standard InChI is InChI=1S/C15H22BrNO2S/c1-14(2,3)19-13(18)17-10-15(4,5)20-12-8-6-11(16)7-9-12/h6-9H,10H2,1-5H3,(H,17,18). The Labute approximate surface area is 134 Å². The highest BCUT2D eigenvalue weighted by molar-refractivity contribution is 9.10. The maximum atomic E-state index is 11.7. The number of hydrogen-bond donors (Lipinski definition) is 1. The fraction of sp³-hybridized carbons (Fsp3) is 0.533. The Morgan fingerprint density at radius 1 is 1.20 bits per heavy atom. The van der Waals surface area contributed by atoms with Crippen molar-refractivity contribution in [2.75, 3.05) is 6.54 Å². The number of halogens is 1. The van der Waals surface area contributed by atoms with Gasteiger partial charge in [-0.2, -0.15) is 0 Å². The third-order valence-electron chi connectivity index (χ3n) is 2.27. The van der Waals surface area contributed by atoms with Crippen LogP contribution in [0.3, 0.4) is 0 Å². The lowest BCUT2D eigenvalue weighted by atomic mass is 10.2. The number of amides is 1. The van der Waals surface area contributed by atoms with Gasteiger partial charge in [0.05, 0.1) is 0 Å². The molecular weight excluding hydrogens is 338 g/mol. The van der Waals surface area contributed by atoms with Crippen molar-refractivity contribution in [3.8, 4) is 0 Å². The molecule has 1 aromatic rings. The Kier molecular flexibility index (Phi) is 5.95. The summed E-state index contributed by atoms with van der Waals surface area (Å²) in [5.74, 6) is 0. The van der Waals surface area contributed by atoms with Crippen molar-refractivity contribution in [2.45, 2.75) is 49.9 Å². The molecule has 0 radical (unpaired) electrons. The maximum absolute atomic E-state index is 11.7. The van der Waals surface area contributed by atoms with Crippen LogP contribution in [0.2, 0.25) is 0 Å². The van der Waals surface area contributed by atoms with E-state index in [0.29, 0.717) is 6.54 Å². The van der Waals surface area contributed by atoms with E-state index in [4.69, 9.17) is 4.74 Å². The molecule has 0 atom stereocenters. The molecule has 0 aliphatic heterocycles. The summed E-state index contributed by atoms with van der Waals surface area (Å²) in [7, 11) is 0. The predicted octanol–water partition coefficient (Wildman–Crippen LogP) is 4.84. The minimum atomic E-state index is -0.465. The average molecular weight is 360 g/mol. The molecule has 0 unspecified atom stereocenters. The number of benzene rings is 1. The summed E-state index contributed by atoms with van der Waals surface area (Å²) >= 11 is 5.14. The Morgan fingerprint density at radius 3 is 2.25 bits per heavy atom. The largest absolute Gasteiger partial charge is 0.444 e. The minimum absolute atomic E-state index is 0.106. The highest BCUT2D eigenvalue weighted by Crippen LogP contribution is 2.32. The molecule has 0 aliphatic carbocycles. The van der Waals surface area contributed by atoms with E-state index in [9.17, 15) is 4.79 Å². The molecule has 0 aromatic heterocycles. The molecule has 112 valence electrons. The monoisotopic (exact) mass is 359 g/mol. The van der Waals surface area contributed by atoms with Crippen molar-refractivity contribution in [3.05, 3.63) is 28.7 Å². The number of ether oxygens (including phenoxy) is 1. The third kappa shape index (κ3) is 7.20. The first-order valence-electron chi connectivity index (χ1n) is 6.49. The lowest BCUT2D eigenvalue weighted by molar-refractivity contribution is 0.0524. The van der Waals surface area contributed by atoms with Crippen molar-refractivity contribution >= 4 is 33.8 Å². The Balaban J connectivity index is 2.49. The number of carbonyl (C=O) groups is 1. The lowest BCUT2D eigenvalue weighted by Gasteiger charge is -2.26. The quantitative estimate of drug-likeness (QED) is 0.781. The number of hydrogen-bond acceptors (Lipinski definition) is 3. The van der Waals surface area contributed by atoms with Crippen molar-refractivity contribution in [3.63, 3.8) is 0 Å². The summed E-state index contributed by atoms with van der Waals surface area (Å²) in [5.41, 5.74) is -0.465. The molecular formula is C15H22BrNO2S. The summed E-state index contributed by atoms with van der Waals surface area (Å²) in [6.07, 6.45) is -0.373. The van der Waals surface area contributed by atoms with Gasteiger partial charge in [-0.3, -0.25) is 0 Å². The van der Waals surface area contributed by atoms with Gasteiger partial charge in [0.15, 0.2) is 0 Å². The van der Waals surface area contributed by atoms with E-state index in [0.717, 1.165) is 4.47 Å². The van der Waals surface area contributed by atoms with Crippen LogP contribution in [-0.2, 0) is 4.74 Å². The van der Waals surface area contributed by atoms with Gasteiger partial charge in [0.2, 0.25) is 0 Å². The molecule has 0 heterocycles. The maximum Gasteiger partial charge on any atom is 0.407 e. The van der Waals surface area contributed by atoms with Crippen LogP contribution < -0.4 is 5.32 Å². The molecule has 0 spiro atoms. The van der Waals surface area contributed by atoms with E-state index in [2.05, 4.69) is 47.2 Å². The van der Waals surface area contributed by atoms with Gasteiger partial charge < -0.3 is 10.1 Å². The van der Waals surface area contributed by atoms with E-state index < -0.39 is 5.60 Å². The molecule has 5 heteroatoms. The van der Waals surface area contributed by atoms with Crippen LogP contribution in [-0.4, -0.2) is 23.0 Å². The van der Waals surface area contributed by atoms with Crippen molar-refractivity contribution < 1.29 is 9.53 Å². The van der Waals surface area contributed by atoms with Crippen LogP contribution in [0.5, 0.6) is 0 Å². The number of alkyl carbamates (subject to hydrolysis) is 1. The fourth-order valence-electron chi connectivity index (χ4n) is 1.46. The molecule has 1 aromatic carbocycles. The van der Waals surface area contributed by atoms with Crippen molar-refractivity contribution in [2.24, 2.45) is 0 Å². The van der Waals surface area contributed by atoms with Crippen LogP contribution in [0.15, 0.2) is 33.6 Å². The topological polar surface area (TPSA) is 38.3 Å². The predicted molar refractivity (Wildman–Crippen MR) is 88.3 cm³/mol. The van der Waals surface area contributed by atoms with Gasteiger partial charge in [-0.15, -0.1) is 11.8 Å². The number of rotatable bonds is 4. The van der Waals surface area contributed by atoms with Crippen LogP contribution in [0, 0.1) is 0 Å². The molecule has 0 fully saturated rings. The Hall–Kier alpha value is -0.680. The second kappa shape index (κ2) is 6.85. The first-order valence-corrected chi connectivity index (χ1v) is 8.10. The first-order chi connectivity index (χ1) is 9.07. The lowest BCUT2D eigenvalue weighted by Crippen LogP contribution is -2.39. The second-order valence-electron chi connectivity index (χ2n) is 6.17. The van der Waals surface area contributed by atoms with Gasteiger partial charge in [0.25, 0.3) is 0 Å². The zero-order valence-corrected chi connectivity index (χ0v) is 15.0. The number of carbonyl (C=O) groups excluding carboxylic acids is 1. The smallest absolute Gasteiger partial charge is 0.407 e. The Bertz CT molecular complexity index is 452. The summed E-state index contributed by atoms with van der Waals surface area (Å²) in [5, 5.41) is 2.82. The molecule has 3 nitrogen and oxygen atoms in total. The highest BCUT2D eigenvalue weighted by Gasteiger charge is 2.22. The number of thioether (sulfide) groups is 1. The van der Waals surface area contributed by atoms with Gasteiger partial charge in [-0.25, -0.2) is 4.79 Å². The van der Waals surface area contributed by atoms with Gasteiger partial charge in [-0.1, -0.05) is 15.9 Å². The highest BCUT2D eigenvalue weighted by atomic mass is 79.9. The van der Waals surface area contributed by atoms with Crippen LogP contribution in [0.4, 0.5) is 4.79 Å². The molecule has 1 N–H and O–H groups in total. The molecule has 0 bridgehead atoms. The van der Waals surface area contributed by atoms with Crippen LogP contribution in [0.1, 0.15) is 34.6 Å². The fourth-order valence-corrected chi connectivity index (χ4v) is 2.78. The SMILES string of the molecule is CC(C)(C)OC(=O)NCC(C)(C)Sc1ccc(Br)cc1. The summed E-state index contributed by atoms with van der Waals surface area (Å²) < 4.78 is 6.19. The van der Waals surface area contributed by atoms with Crippen molar-refractivity contribution in [1.82, 2.24) is 5.32 Å². The first kappa shape index (κ1) is 17.4. The minimum Gasteiger partial charge on any atom is -0.444 e. The van der Waals surface area contributed by atoms with Crippen LogP contribution in [0.25, 0.3) is 0 Å². The third-order valence-corrected chi connectivity index (χ3v) is 4.00. The van der Waals surface area contributed by atoms with E-state index in [1.54, 1.807) is 11.8 Å². The van der Waals surface area contributed by atoms with Gasteiger partial charge in [-0.05, 0) is 58.9 Å². The van der Waals surface area contributed by atoms with Gasteiger partial charge in [0, 0.05) is 20.7 Å². The summed E-state index contributed by atoms with van der Waals surface area (Å²) in [6, 6.07) is 8.15. The number of nitrogens with one attached hydrogen (secondary N) is 1. The summed E-state index contributed by atoms with van der Waals surface area (Å²) in [4.78, 5) is 12.8. The zero-order valence-electron chi connectivity index (χ0n) is 12.6. The normalized spacial score (nSPS) is 12.1. The van der Waals surface area contributed by atoms with E-state index in [-0.39, 0.29) is 10.8 Å². The zero-order chi connectivity index (χ0) is 15.4. The van der Waals surface area contributed by atoms with Crippen LogP contribution >= 0.6 is 27.7 Å². The Morgan fingerprint density at radius 2 is 1.75 bits per heavy atom. The van der Waals surface area contributed by atoms with Gasteiger partial charge >= 0.3 is 6.09 Å². The van der Waals surface area contributed by atoms with E-state index in [1.165, 1.54) is 4.90 Å². The van der Waals surface area contributed by atoms with Crippen molar-refractivity contribution in [1.29, 1.82) is 0 Å².